The van der Waals surface area contributed by atoms with Crippen LogP contribution in [0.25, 0.3) is 0 Å². The molecule has 25 heavy (non-hydrogen) atoms. The van der Waals surface area contributed by atoms with Crippen molar-refractivity contribution in [1.82, 2.24) is 4.31 Å². The summed E-state index contributed by atoms with van der Waals surface area (Å²) in [7, 11) is -2.33. The van der Waals surface area contributed by atoms with Crippen LogP contribution < -0.4 is 4.90 Å². The number of fused-ring (bicyclic) bond motifs is 1. The molecule has 0 unspecified atom stereocenters. The van der Waals surface area contributed by atoms with Gasteiger partial charge in [0.15, 0.2) is 0 Å². The SMILES string of the molecule is Cc1cccc2c1N(C(=O)CN(C)S(=O)(=O)c1ccc(Cl)cc1)CC2. The van der Waals surface area contributed by atoms with Crippen molar-refractivity contribution in [2.75, 3.05) is 25.0 Å². The van der Waals surface area contributed by atoms with Crippen molar-refractivity contribution in [2.24, 2.45) is 0 Å². The number of rotatable bonds is 4. The molecule has 2 aromatic rings. The van der Waals surface area contributed by atoms with E-state index in [2.05, 4.69) is 0 Å². The van der Waals surface area contributed by atoms with Crippen molar-refractivity contribution in [2.45, 2.75) is 18.2 Å². The highest BCUT2D eigenvalue weighted by Crippen LogP contribution is 2.31. The highest BCUT2D eigenvalue weighted by Gasteiger charge is 2.29. The first kappa shape index (κ1) is 17.9. The lowest BCUT2D eigenvalue weighted by atomic mass is 10.1. The molecule has 7 heteroatoms. The van der Waals surface area contributed by atoms with E-state index in [1.807, 2.05) is 25.1 Å². The Bertz CT molecular complexity index is 910. The first-order chi connectivity index (χ1) is 11.8. The van der Waals surface area contributed by atoms with Crippen LogP contribution in [0.2, 0.25) is 5.02 Å². The second-order valence-electron chi connectivity index (χ2n) is 6.09. The van der Waals surface area contributed by atoms with Gasteiger partial charge < -0.3 is 4.90 Å². The first-order valence-corrected chi connectivity index (χ1v) is 9.73. The lowest BCUT2D eigenvalue weighted by molar-refractivity contribution is -0.118. The summed E-state index contributed by atoms with van der Waals surface area (Å²) < 4.78 is 26.3. The number of hydrogen-bond donors (Lipinski definition) is 0. The van der Waals surface area contributed by atoms with Crippen LogP contribution in [-0.2, 0) is 21.2 Å². The number of amides is 1. The number of carbonyl (C=O) groups excluding carboxylic acids is 1. The molecule has 1 heterocycles. The molecule has 0 aliphatic carbocycles. The Morgan fingerprint density at radius 3 is 2.56 bits per heavy atom. The number of anilines is 1. The molecule has 0 fully saturated rings. The summed E-state index contributed by atoms with van der Waals surface area (Å²) >= 11 is 5.81. The van der Waals surface area contributed by atoms with E-state index < -0.39 is 10.0 Å². The molecule has 2 aromatic carbocycles. The average Bonchev–Trinajstić information content (AvgIpc) is 3.00. The summed E-state index contributed by atoms with van der Waals surface area (Å²) in [5.41, 5.74) is 3.05. The maximum Gasteiger partial charge on any atom is 0.243 e. The van der Waals surface area contributed by atoms with Gasteiger partial charge in [0, 0.05) is 24.3 Å². The number of benzene rings is 2. The minimum absolute atomic E-state index is 0.116. The molecule has 0 atom stereocenters. The second-order valence-corrected chi connectivity index (χ2v) is 8.57. The van der Waals surface area contributed by atoms with Gasteiger partial charge >= 0.3 is 0 Å². The van der Waals surface area contributed by atoms with Gasteiger partial charge in [0.05, 0.1) is 11.4 Å². The predicted molar refractivity (Wildman–Crippen MR) is 98.5 cm³/mol. The highest BCUT2D eigenvalue weighted by atomic mass is 35.5. The molecule has 132 valence electrons. The number of likely N-dealkylation sites (N-methyl/N-ethyl adjacent to an activating group) is 1. The molecule has 3 rings (SSSR count). The number of sulfonamides is 1. The van der Waals surface area contributed by atoms with Gasteiger partial charge in [0.2, 0.25) is 15.9 Å². The topological polar surface area (TPSA) is 57.7 Å². The molecule has 5 nitrogen and oxygen atoms in total. The number of halogens is 1. The van der Waals surface area contributed by atoms with E-state index >= 15 is 0 Å². The van der Waals surface area contributed by atoms with E-state index in [0.717, 1.165) is 27.5 Å². The van der Waals surface area contributed by atoms with E-state index in [0.29, 0.717) is 11.6 Å². The molecule has 0 bridgehead atoms. The van der Waals surface area contributed by atoms with Crippen molar-refractivity contribution in [1.29, 1.82) is 0 Å². The molecule has 1 aliphatic heterocycles. The maximum atomic E-state index is 12.7. The van der Waals surface area contributed by atoms with E-state index in [4.69, 9.17) is 11.6 Å². The Labute approximate surface area is 152 Å². The van der Waals surface area contributed by atoms with Crippen LogP contribution in [0.3, 0.4) is 0 Å². The fraction of sp³-hybridized carbons (Fsp3) is 0.278. The molecule has 0 N–H and O–H groups in total. The fourth-order valence-electron chi connectivity index (χ4n) is 3.05. The van der Waals surface area contributed by atoms with E-state index in [1.54, 1.807) is 4.90 Å². The number of hydrogen-bond acceptors (Lipinski definition) is 3. The molecule has 1 aliphatic rings. The zero-order valence-corrected chi connectivity index (χ0v) is 15.6. The number of para-hydroxylation sites is 1. The lowest BCUT2D eigenvalue weighted by Crippen LogP contribution is -2.40. The molecule has 0 saturated carbocycles. The van der Waals surface area contributed by atoms with Gasteiger partial charge in [0.1, 0.15) is 0 Å². The van der Waals surface area contributed by atoms with Crippen LogP contribution in [0, 0.1) is 6.92 Å². The standard InChI is InChI=1S/C18H19ClN2O3S/c1-13-4-3-5-14-10-11-21(18(13)14)17(22)12-20(2)25(23,24)16-8-6-15(19)7-9-16/h3-9H,10-12H2,1-2H3. The average molecular weight is 379 g/mol. The largest absolute Gasteiger partial charge is 0.310 e. The third-order valence-corrected chi connectivity index (χ3v) is 6.45. The Kier molecular flexibility index (Phi) is 4.86. The van der Waals surface area contributed by atoms with Gasteiger partial charge in [-0.2, -0.15) is 4.31 Å². The zero-order valence-electron chi connectivity index (χ0n) is 14.1. The molecule has 0 aromatic heterocycles. The number of aryl methyl sites for hydroxylation is 1. The highest BCUT2D eigenvalue weighted by molar-refractivity contribution is 7.89. The van der Waals surface area contributed by atoms with Crippen LogP contribution >= 0.6 is 11.6 Å². The number of nitrogens with zero attached hydrogens (tertiary/aromatic N) is 2. The van der Waals surface area contributed by atoms with Crippen LogP contribution in [0.4, 0.5) is 5.69 Å². The normalized spacial score (nSPS) is 14.0. The summed E-state index contributed by atoms with van der Waals surface area (Å²) in [6.07, 6.45) is 0.788. The predicted octanol–water partition coefficient (Wildman–Crippen LogP) is 2.86. The smallest absolute Gasteiger partial charge is 0.243 e. The molecular formula is C18H19ClN2O3S. The summed E-state index contributed by atoms with van der Waals surface area (Å²) in [4.78, 5) is 14.5. The monoisotopic (exact) mass is 378 g/mol. The van der Waals surface area contributed by atoms with Crippen LogP contribution in [0.15, 0.2) is 47.4 Å². The minimum Gasteiger partial charge on any atom is -0.310 e. The molecule has 0 saturated heterocycles. The molecule has 1 amide bonds. The summed E-state index contributed by atoms with van der Waals surface area (Å²) in [5.74, 6) is -0.229. The van der Waals surface area contributed by atoms with Crippen molar-refractivity contribution in [3.63, 3.8) is 0 Å². The Morgan fingerprint density at radius 2 is 1.88 bits per heavy atom. The Hall–Kier alpha value is -1.89. The third-order valence-electron chi connectivity index (χ3n) is 4.38. The van der Waals surface area contributed by atoms with Gasteiger partial charge in [0.25, 0.3) is 0 Å². The van der Waals surface area contributed by atoms with E-state index in [1.165, 1.54) is 31.3 Å². The van der Waals surface area contributed by atoms with Crippen LogP contribution in [0.1, 0.15) is 11.1 Å². The van der Waals surface area contributed by atoms with Crippen LogP contribution in [-0.4, -0.2) is 38.8 Å². The van der Waals surface area contributed by atoms with Gasteiger partial charge in [-0.1, -0.05) is 29.8 Å². The lowest BCUT2D eigenvalue weighted by Gasteiger charge is -2.23. The van der Waals surface area contributed by atoms with Crippen molar-refractivity contribution < 1.29 is 13.2 Å². The van der Waals surface area contributed by atoms with Crippen molar-refractivity contribution >= 4 is 33.2 Å². The minimum atomic E-state index is -3.74. The summed E-state index contributed by atoms with van der Waals surface area (Å²) in [5, 5.41) is 0.460. The van der Waals surface area contributed by atoms with Crippen molar-refractivity contribution in [3.8, 4) is 0 Å². The Balaban J connectivity index is 1.79. The second kappa shape index (κ2) is 6.78. The summed E-state index contributed by atoms with van der Waals surface area (Å²) in [6.45, 7) is 2.32. The maximum absolute atomic E-state index is 12.7. The van der Waals surface area contributed by atoms with Gasteiger partial charge in [-0.05, 0) is 48.7 Å². The van der Waals surface area contributed by atoms with Crippen LogP contribution in [0.5, 0.6) is 0 Å². The summed E-state index contributed by atoms with van der Waals surface area (Å²) in [6, 6.07) is 11.8. The van der Waals surface area contributed by atoms with Gasteiger partial charge in [-0.3, -0.25) is 4.79 Å². The van der Waals surface area contributed by atoms with Crippen molar-refractivity contribution in [3.05, 3.63) is 58.6 Å². The first-order valence-electron chi connectivity index (χ1n) is 7.91. The van der Waals surface area contributed by atoms with E-state index in [9.17, 15) is 13.2 Å². The quantitative estimate of drug-likeness (QED) is 0.822. The number of carbonyl (C=O) groups is 1. The third kappa shape index (κ3) is 3.42. The Morgan fingerprint density at radius 1 is 1.20 bits per heavy atom. The molecule has 0 radical (unpaired) electrons. The van der Waals surface area contributed by atoms with Gasteiger partial charge in [-0.15, -0.1) is 0 Å². The van der Waals surface area contributed by atoms with Gasteiger partial charge in [-0.25, -0.2) is 8.42 Å². The fourth-order valence-corrected chi connectivity index (χ4v) is 4.29. The molecule has 0 spiro atoms. The van der Waals surface area contributed by atoms with E-state index in [-0.39, 0.29) is 17.3 Å². The zero-order chi connectivity index (χ0) is 18.2. The molecular weight excluding hydrogens is 360 g/mol.